The van der Waals surface area contributed by atoms with E-state index in [0.717, 1.165) is 13.1 Å². The molecule has 2 aliphatic heterocycles. The first-order chi connectivity index (χ1) is 12.1. The molecule has 1 saturated heterocycles. The lowest BCUT2D eigenvalue weighted by molar-refractivity contribution is 0.0746. The van der Waals surface area contributed by atoms with Crippen LogP contribution < -0.4 is 14.4 Å². The number of anilines is 1. The van der Waals surface area contributed by atoms with Crippen molar-refractivity contribution in [3.63, 3.8) is 0 Å². The fourth-order valence-corrected chi connectivity index (χ4v) is 3.53. The van der Waals surface area contributed by atoms with E-state index in [-0.39, 0.29) is 12.7 Å². The van der Waals surface area contributed by atoms with Gasteiger partial charge in [0.05, 0.1) is 5.02 Å². The monoisotopic (exact) mass is 358 g/mol. The van der Waals surface area contributed by atoms with E-state index in [9.17, 15) is 4.79 Å². The van der Waals surface area contributed by atoms with Crippen molar-refractivity contribution in [1.29, 1.82) is 0 Å². The number of hydrogen-bond donors (Lipinski definition) is 0. The summed E-state index contributed by atoms with van der Waals surface area (Å²) in [4.78, 5) is 17.0. The lowest BCUT2D eigenvalue weighted by atomic mass is 10.1. The molecular formula is C19H19ClN2O3. The molecule has 2 heterocycles. The molecule has 2 aromatic carbocycles. The van der Waals surface area contributed by atoms with Crippen LogP contribution in [0.25, 0.3) is 0 Å². The highest BCUT2D eigenvalue weighted by atomic mass is 35.5. The zero-order valence-corrected chi connectivity index (χ0v) is 14.8. The van der Waals surface area contributed by atoms with E-state index in [1.54, 1.807) is 12.1 Å². The Morgan fingerprint density at radius 2 is 1.88 bits per heavy atom. The third-order valence-electron chi connectivity index (χ3n) is 4.61. The van der Waals surface area contributed by atoms with Gasteiger partial charge in [-0.05, 0) is 36.8 Å². The zero-order chi connectivity index (χ0) is 17.4. The average Bonchev–Trinajstić information content (AvgIpc) is 3.10. The first-order valence-corrected chi connectivity index (χ1v) is 8.69. The highest BCUT2D eigenvalue weighted by Gasteiger charge is 2.26. The summed E-state index contributed by atoms with van der Waals surface area (Å²) in [5, 5.41) is 0.414. The topological polar surface area (TPSA) is 42.0 Å². The molecule has 1 amide bonds. The molecule has 2 aliphatic rings. The van der Waals surface area contributed by atoms with Crippen LogP contribution in [0.15, 0.2) is 36.4 Å². The number of carbonyl (C=O) groups is 1. The molecule has 1 fully saturated rings. The number of nitrogens with zero attached hydrogens (tertiary/aromatic N) is 2. The number of aryl methyl sites for hydroxylation is 1. The maximum absolute atomic E-state index is 12.8. The summed E-state index contributed by atoms with van der Waals surface area (Å²) in [7, 11) is 0. The Morgan fingerprint density at radius 3 is 2.64 bits per heavy atom. The predicted octanol–water partition coefficient (Wildman–Crippen LogP) is 3.34. The third kappa shape index (κ3) is 3.12. The Labute approximate surface area is 151 Å². The van der Waals surface area contributed by atoms with Gasteiger partial charge in [0.1, 0.15) is 0 Å². The molecule has 0 saturated carbocycles. The minimum absolute atomic E-state index is 0.0240. The minimum atomic E-state index is -0.0240. The summed E-state index contributed by atoms with van der Waals surface area (Å²) in [5.74, 6) is 1.03. The van der Waals surface area contributed by atoms with Crippen molar-refractivity contribution in [2.75, 3.05) is 37.9 Å². The Morgan fingerprint density at radius 1 is 1.08 bits per heavy atom. The van der Waals surface area contributed by atoms with Crippen LogP contribution in [0.3, 0.4) is 0 Å². The number of piperazine rings is 1. The van der Waals surface area contributed by atoms with Crippen LogP contribution in [0.1, 0.15) is 15.9 Å². The highest BCUT2D eigenvalue weighted by Crippen LogP contribution is 2.40. The van der Waals surface area contributed by atoms with Gasteiger partial charge in [-0.15, -0.1) is 0 Å². The van der Waals surface area contributed by atoms with E-state index < -0.39 is 0 Å². The Hall–Kier alpha value is -2.40. The van der Waals surface area contributed by atoms with Gasteiger partial charge in [0.15, 0.2) is 11.5 Å². The van der Waals surface area contributed by atoms with E-state index >= 15 is 0 Å². The molecule has 0 N–H and O–H groups in total. The van der Waals surface area contributed by atoms with Gasteiger partial charge in [0, 0.05) is 37.4 Å². The molecule has 0 unspecified atom stereocenters. The van der Waals surface area contributed by atoms with Crippen LogP contribution in [0.2, 0.25) is 5.02 Å². The summed E-state index contributed by atoms with van der Waals surface area (Å²) < 4.78 is 10.7. The van der Waals surface area contributed by atoms with Crippen LogP contribution in [-0.4, -0.2) is 43.8 Å². The largest absolute Gasteiger partial charge is 0.454 e. The van der Waals surface area contributed by atoms with Crippen molar-refractivity contribution in [3.8, 4) is 11.5 Å². The van der Waals surface area contributed by atoms with Crippen LogP contribution in [0.4, 0.5) is 5.69 Å². The number of halogens is 1. The van der Waals surface area contributed by atoms with E-state index in [4.69, 9.17) is 21.1 Å². The van der Waals surface area contributed by atoms with Gasteiger partial charge in [-0.1, -0.05) is 23.7 Å². The van der Waals surface area contributed by atoms with E-state index in [2.05, 4.69) is 36.1 Å². The fraction of sp³-hybridized carbons (Fsp3) is 0.316. The second-order valence-corrected chi connectivity index (χ2v) is 6.72. The molecule has 2 aromatic rings. The molecule has 130 valence electrons. The molecule has 0 aromatic heterocycles. The van der Waals surface area contributed by atoms with Gasteiger partial charge in [-0.2, -0.15) is 0 Å². The van der Waals surface area contributed by atoms with E-state index in [0.29, 0.717) is 35.2 Å². The summed E-state index contributed by atoms with van der Waals surface area (Å²) in [5.41, 5.74) is 2.99. The summed E-state index contributed by atoms with van der Waals surface area (Å²) in [6, 6.07) is 11.8. The molecule has 25 heavy (non-hydrogen) atoms. The number of hydrogen-bond acceptors (Lipinski definition) is 4. The number of rotatable bonds is 2. The maximum atomic E-state index is 12.8. The second kappa shape index (κ2) is 6.48. The quantitative estimate of drug-likeness (QED) is 0.825. The standard InChI is InChI=1S/C19H19ClN2O3/c1-13-3-2-4-15(9-13)21-5-7-22(8-6-21)19(23)14-10-16(20)18-17(11-14)24-12-25-18/h2-4,9-11H,5-8,12H2,1H3. The van der Waals surface area contributed by atoms with Crippen LogP contribution in [0.5, 0.6) is 11.5 Å². The van der Waals surface area contributed by atoms with Crippen LogP contribution >= 0.6 is 11.6 Å². The second-order valence-electron chi connectivity index (χ2n) is 6.31. The Kier molecular flexibility index (Phi) is 4.17. The van der Waals surface area contributed by atoms with Crippen LogP contribution in [-0.2, 0) is 0 Å². The summed E-state index contributed by atoms with van der Waals surface area (Å²) in [6.45, 7) is 5.22. The molecule has 0 atom stereocenters. The SMILES string of the molecule is Cc1cccc(N2CCN(C(=O)c3cc(Cl)c4c(c3)OCO4)CC2)c1. The van der Waals surface area contributed by atoms with Gasteiger partial charge < -0.3 is 19.3 Å². The lowest BCUT2D eigenvalue weighted by Crippen LogP contribution is -2.48. The van der Waals surface area contributed by atoms with Crippen molar-refractivity contribution in [3.05, 3.63) is 52.5 Å². The first kappa shape index (κ1) is 16.1. The average molecular weight is 359 g/mol. The van der Waals surface area contributed by atoms with Gasteiger partial charge in [-0.3, -0.25) is 4.79 Å². The van der Waals surface area contributed by atoms with Crippen molar-refractivity contribution in [2.24, 2.45) is 0 Å². The molecule has 0 aliphatic carbocycles. The van der Waals surface area contributed by atoms with Crippen molar-refractivity contribution in [2.45, 2.75) is 6.92 Å². The molecular weight excluding hydrogens is 340 g/mol. The number of benzene rings is 2. The molecule has 4 rings (SSSR count). The predicted molar refractivity (Wildman–Crippen MR) is 96.9 cm³/mol. The van der Waals surface area contributed by atoms with Crippen molar-refractivity contribution >= 4 is 23.2 Å². The molecule has 0 bridgehead atoms. The normalized spacial score (nSPS) is 16.2. The number of amides is 1. The van der Waals surface area contributed by atoms with Crippen molar-refractivity contribution < 1.29 is 14.3 Å². The summed E-state index contributed by atoms with van der Waals surface area (Å²) in [6.07, 6.45) is 0. The molecule has 6 heteroatoms. The number of fused-ring (bicyclic) bond motifs is 1. The van der Waals surface area contributed by atoms with Crippen LogP contribution in [0, 0.1) is 6.92 Å². The highest BCUT2D eigenvalue weighted by molar-refractivity contribution is 6.32. The number of ether oxygens (including phenoxy) is 2. The summed E-state index contributed by atoms with van der Waals surface area (Å²) >= 11 is 6.19. The molecule has 0 spiro atoms. The Balaban J connectivity index is 1.46. The fourth-order valence-electron chi connectivity index (χ4n) is 3.27. The first-order valence-electron chi connectivity index (χ1n) is 8.32. The van der Waals surface area contributed by atoms with Gasteiger partial charge in [-0.25, -0.2) is 0 Å². The van der Waals surface area contributed by atoms with Gasteiger partial charge in [0.2, 0.25) is 6.79 Å². The van der Waals surface area contributed by atoms with Gasteiger partial charge >= 0.3 is 0 Å². The van der Waals surface area contributed by atoms with Crippen molar-refractivity contribution in [1.82, 2.24) is 4.90 Å². The minimum Gasteiger partial charge on any atom is -0.454 e. The lowest BCUT2D eigenvalue weighted by Gasteiger charge is -2.36. The van der Waals surface area contributed by atoms with E-state index in [1.165, 1.54) is 11.3 Å². The maximum Gasteiger partial charge on any atom is 0.254 e. The molecule has 0 radical (unpaired) electrons. The zero-order valence-electron chi connectivity index (χ0n) is 14.0. The molecule has 5 nitrogen and oxygen atoms in total. The van der Waals surface area contributed by atoms with Gasteiger partial charge in [0.25, 0.3) is 5.91 Å². The Bertz CT molecular complexity index is 816. The number of carbonyl (C=O) groups excluding carboxylic acids is 1. The third-order valence-corrected chi connectivity index (χ3v) is 4.89. The smallest absolute Gasteiger partial charge is 0.254 e. The van der Waals surface area contributed by atoms with E-state index in [1.807, 2.05) is 4.90 Å².